The molecular formula is C20H24N6O3. The minimum atomic E-state index is -0.115. The van der Waals surface area contributed by atoms with E-state index < -0.39 is 0 Å². The van der Waals surface area contributed by atoms with Crippen LogP contribution in [0, 0.1) is 0 Å². The highest BCUT2D eigenvalue weighted by Crippen LogP contribution is 2.35. The summed E-state index contributed by atoms with van der Waals surface area (Å²) in [5.41, 5.74) is 1.33. The molecule has 0 radical (unpaired) electrons. The van der Waals surface area contributed by atoms with Gasteiger partial charge in [-0.15, -0.1) is 0 Å². The van der Waals surface area contributed by atoms with Crippen molar-refractivity contribution >= 4 is 22.6 Å². The van der Waals surface area contributed by atoms with Crippen molar-refractivity contribution < 1.29 is 14.3 Å². The Morgan fingerprint density at radius 1 is 1.21 bits per heavy atom. The van der Waals surface area contributed by atoms with Crippen LogP contribution in [0.3, 0.4) is 0 Å². The number of hydrogen-bond donors (Lipinski definition) is 1. The first-order chi connectivity index (χ1) is 14.1. The molecule has 1 N–H and O–H groups in total. The summed E-state index contributed by atoms with van der Waals surface area (Å²) in [6.07, 6.45) is 5.05. The fourth-order valence-electron chi connectivity index (χ4n) is 3.76. The molecule has 1 aromatic carbocycles. The van der Waals surface area contributed by atoms with Crippen LogP contribution in [0.1, 0.15) is 23.3 Å². The van der Waals surface area contributed by atoms with Gasteiger partial charge in [-0.3, -0.25) is 9.48 Å². The molecule has 0 aliphatic carbocycles. The molecule has 1 fully saturated rings. The van der Waals surface area contributed by atoms with E-state index in [9.17, 15) is 4.79 Å². The number of rotatable bonds is 5. The fraction of sp³-hybridized carbons (Fsp3) is 0.400. The summed E-state index contributed by atoms with van der Waals surface area (Å²) in [6.45, 7) is 1.53. The number of carbonyl (C=O) groups is 1. The minimum absolute atomic E-state index is 0.0244. The number of aryl methyl sites for hydroxylation is 1. The molecule has 1 amide bonds. The smallest absolute Gasteiger partial charge is 0.269 e. The zero-order valence-corrected chi connectivity index (χ0v) is 16.8. The van der Waals surface area contributed by atoms with E-state index in [1.165, 1.54) is 0 Å². The van der Waals surface area contributed by atoms with Gasteiger partial charge in [0.05, 0.1) is 19.7 Å². The van der Waals surface area contributed by atoms with Crippen molar-refractivity contribution in [3.8, 4) is 11.5 Å². The van der Waals surface area contributed by atoms with Crippen molar-refractivity contribution in [2.45, 2.75) is 18.9 Å². The molecule has 29 heavy (non-hydrogen) atoms. The van der Waals surface area contributed by atoms with Gasteiger partial charge in [-0.2, -0.15) is 5.10 Å². The van der Waals surface area contributed by atoms with Crippen LogP contribution >= 0.6 is 0 Å². The SMILES string of the molecule is COc1cc2ncnc(N3CCCC(NC(=O)c4ccnn4C)C3)c2cc1OC. The molecule has 1 aliphatic rings. The summed E-state index contributed by atoms with van der Waals surface area (Å²) in [6, 6.07) is 5.50. The number of carbonyl (C=O) groups excluding carboxylic acids is 1. The first kappa shape index (κ1) is 19.0. The van der Waals surface area contributed by atoms with Gasteiger partial charge < -0.3 is 19.7 Å². The second-order valence-corrected chi connectivity index (χ2v) is 7.02. The zero-order chi connectivity index (χ0) is 20.4. The van der Waals surface area contributed by atoms with E-state index in [-0.39, 0.29) is 11.9 Å². The third kappa shape index (κ3) is 3.67. The molecule has 152 valence electrons. The number of ether oxygens (including phenoxy) is 2. The second-order valence-electron chi connectivity index (χ2n) is 7.02. The predicted octanol–water partition coefficient (Wildman–Crippen LogP) is 1.78. The van der Waals surface area contributed by atoms with Crippen molar-refractivity contribution in [2.75, 3.05) is 32.2 Å². The molecule has 2 aromatic heterocycles. The fourth-order valence-corrected chi connectivity index (χ4v) is 3.76. The number of fused-ring (bicyclic) bond motifs is 1. The molecule has 1 atom stereocenters. The summed E-state index contributed by atoms with van der Waals surface area (Å²) < 4.78 is 12.4. The molecule has 1 saturated heterocycles. The molecule has 4 rings (SSSR count). The summed E-state index contributed by atoms with van der Waals surface area (Å²) in [5, 5.41) is 8.08. The van der Waals surface area contributed by atoms with Gasteiger partial charge in [0.15, 0.2) is 11.5 Å². The van der Waals surface area contributed by atoms with Crippen LogP contribution in [0.2, 0.25) is 0 Å². The van der Waals surface area contributed by atoms with E-state index in [1.807, 2.05) is 12.1 Å². The Morgan fingerprint density at radius 2 is 2.00 bits per heavy atom. The number of hydrogen-bond acceptors (Lipinski definition) is 7. The lowest BCUT2D eigenvalue weighted by Gasteiger charge is -2.34. The van der Waals surface area contributed by atoms with Gasteiger partial charge in [-0.25, -0.2) is 9.97 Å². The van der Waals surface area contributed by atoms with Crippen molar-refractivity contribution in [2.24, 2.45) is 7.05 Å². The molecule has 3 heterocycles. The van der Waals surface area contributed by atoms with Gasteiger partial charge in [0.2, 0.25) is 0 Å². The molecule has 0 bridgehead atoms. The van der Waals surface area contributed by atoms with Crippen molar-refractivity contribution in [3.05, 3.63) is 36.4 Å². The zero-order valence-electron chi connectivity index (χ0n) is 16.8. The Hall–Kier alpha value is -3.36. The van der Waals surface area contributed by atoms with Gasteiger partial charge in [0, 0.05) is 43.8 Å². The maximum atomic E-state index is 12.6. The third-order valence-corrected chi connectivity index (χ3v) is 5.23. The summed E-state index contributed by atoms with van der Waals surface area (Å²) in [5.74, 6) is 1.98. The highest BCUT2D eigenvalue weighted by atomic mass is 16.5. The normalized spacial score (nSPS) is 16.7. The highest BCUT2D eigenvalue weighted by Gasteiger charge is 2.25. The number of nitrogens with zero attached hydrogens (tertiary/aromatic N) is 5. The highest BCUT2D eigenvalue weighted by molar-refractivity contribution is 5.93. The number of methoxy groups -OCH3 is 2. The van der Waals surface area contributed by atoms with Gasteiger partial charge in [-0.05, 0) is 25.0 Å². The van der Waals surface area contributed by atoms with Crippen molar-refractivity contribution in [3.63, 3.8) is 0 Å². The van der Waals surface area contributed by atoms with Crippen LogP contribution < -0.4 is 19.7 Å². The third-order valence-electron chi connectivity index (χ3n) is 5.23. The standard InChI is InChI=1S/C20H24N6O3/c1-25-16(6-7-23-25)20(27)24-13-5-4-8-26(11-13)19-14-9-17(28-2)18(29-3)10-15(14)21-12-22-19/h6-7,9-10,12-13H,4-5,8,11H2,1-3H3,(H,24,27). The first-order valence-corrected chi connectivity index (χ1v) is 9.51. The molecule has 0 spiro atoms. The molecule has 1 unspecified atom stereocenters. The number of piperidine rings is 1. The summed E-state index contributed by atoms with van der Waals surface area (Å²) >= 11 is 0. The van der Waals surface area contributed by atoms with Crippen LogP contribution in [-0.2, 0) is 7.05 Å². The van der Waals surface area contributed by atoms with Crippen LogP contribution in [0.4, 0.5) is 5.82 Å². The van der Waals surface area contributed by atoms with Crippen LogP contribution in [0.5, 0.6) is 11.5 Å². The van der Waals surface area contributed by atoms with Crippen molar-refractivity contribution in [1.29, 1.82) is 0 Å². The maximum absolute atomic E-state index is 12.6. The lowest BCUT2D eigenvalue weighted by atomic mass is 10.0. The Bertz CT molecular complexity index is 1030. The molecule has 9 heteroatoms. The molecule has 1 aliphatic heterocycles. The van der Waals surface area contributed by atoms with Crippen LogP contribution in [0.25, 0.3) is 10.9 Å². The molecular weight excluding hydrogens is 372 g/mol. The van der Waals surface area contributed by atoms with E-state index >= 15 is 0 Å². The average Bonchev–Trinajstić information content (AvgIpc) is 3.18. The van der Waals surface area contributed by atoms with Gasteiger partial charge in [0.25, 0.3) is 5.91 Å². The largest absolute Gasteiger partial charge is 0.493 e. The van der Waals surface area contributed by atoms with Gasteiger partial charge in [-0.1, -0.05) is 0 Å². The molecule has 9 nitrogen and oxygen atoms in total. The monoisotopic (exact) mass is 396 g/mol. The van der Waals surface area contributed by atoms with Crippen LogP contribution in [0.15, 0.2) is 30.7 Å². The number of anilines is 1. The van der Waals surface area contributed by atoms with Gasteiger partial charge >= 0.3 is 0 Å². The topological polar surface area (TPSA) is 94.4 Å². The summed E-state index contributed by atoms with van der Waals surface area (Å²) in [4.78, 5) is 23.7. The second kappa shape index (κ2) is 7.94. The lowest BCUT2D eigenvalue weighted by Crippen LogP contribution is -2.48. The molecule has 3 aromatic rings. The predicted molar refractivity (Wildman–Crippen MR) is 109 cm³/mol. The Balaban J connectivity index is 1.59. The van der Waals surface area contributed by atoms with Gasteiger partial charge in [0.1, 0.15) is 17.8 Å². The first-order valence-electron chi connectivity index (χ1n) is 9.51. The number of benzene rings is 1. The van der Waals surface area contributed by atoms with Crippen molar-refractivity contribution in [1.82, 2.24) is 25.1 Å². The Morgan fingerprint density at radius 3 is 2.72 bits per heavy atom. The van der Waals surface area contributed by atoms with E-state index in [2.05, 4.69) is 25.3 Å². The summed E-state index contributed by atoms with van der Waals surface area (Å²) in [7, 11) is 4.97. The van der Waals surface area contributed by atoms with E-state index in [4.69, 9.17) is 9.47 Å². The maximum Gasteiger partial charge on any atom is 0.269 e. The Labute approximate surface area is 168 Å². The average molecular weight is 396 g/mol. The quantitative estimate of drug-likeness (QED) is 0.702. The number of nitrogens with one attached hydrogen (secondary N) is 1. The minimum Gasteiger partial charge on any atom is -0.493 e. The van der Waals surface area contributed by atoms with E-state index in [0.29, 0.717) is 23.7 Å². The molecule has 0 saturated carbocycles. The number of amides is 1. The van der Waals surface area contributed by atoms with E-state index in [1.54, 1.807) is 44.5 Å². The number of aromatic nitrogens is 4. The lowest BCUT2D eigenvalue weighted by molar-refractivity contribution is 0.0923. The Kier molecular flexibility index (Phi) is 5.20. The van der Waals surface area contributed by atoms with E-state index in [0.717, 1.165) is 36.1 Å². The van der Waals surface area contributed by atoms with Crippen LogP contribution in [-0.4, -0.2) is 59.0 Å².